The van der Waals surface area contributed by atoms with Crippen LogP contribution in [0.4, 0.5) is 0 Å². The Morgan fingerprint density at radius 1 is 1.23 bits per heavy atom. The van der Waals surface area contributed by atoms with Gasteiger partial charge in [0.25, 0.3) is 0 Å². The Bertz CT molecular complexity index is 827. The maximum absolute atomic E-state index is 12.1. The molecule has 0 N–H and O–H groups in total. The number of ether oxygens (including phenoxy) is 1. The number of benzene rings is 2. The molecule has 0 unspecified atom stereocenters. The van der Waals surface area contributed by atoms with Crippen molar-refractivity contribution in [1.82, 2.24) is 9.55 Å². The highest BCUT2D eigenvalue weighted by molar-refractivity contribution is 6.31. The van der Waals surface area contributed by atoms with Crippen LogP contribution in [-0.2, 0) is 11.8 Å². The first-order valence-corrected chi connectivity index (χ1v) is 7.32. The number of aryl methyl sites for hydroxylation is 1. The lowest BCUT2D eigenvalue weighted by Gasteiger charge is -2.13. The fraction of sp³-hybridized carbons (Fsp3) is 0.176. The summed E-state index contributed by atoms with van der Waals surface area (Å²) in [5, 5.41) is 0.631. The third-order valence-electron chi connectivity index (χ3n) is 3.53. The molecule has 0 saturated carbocycles. The van der Waals surface area contributed by atoms with E-state index in [-0.39, 0.29) is 5.97 Å². The van der Waals surface area contributed by atoms with Crippen LogP contribution in [0.1, 0.15) is 29.2 Å². The van der Waals surface area contributed by atoms with Gasteiger partial charge in [0.15, 0.2) is 11.9 Å². The van der Waals surface area contributed by atoms with Gasteiger partial charge in [0, 0.05) is 12.1 Å². The summed E-state index contributed by atoms with van der Waals surface area (Å²) in [7, 11) is 1.89. The van der Waals surface area contributed by atoms with Gasteiger partial charge in [-0.1, -0.05) is 29.8 Å². The van der Waals surface area contributed by atoms with Crippen LogP contribution in [0, 0.1) is 0 Å². The summed E-state index contributed by atoms with van der Waals surface area (Å²) in [6, 6.07) is 14.4. The molecule has 112 valence electrons. The molecule has 0 saturated heterocycles. The van der Waals surface area contributed by atoms with E-state index in [1.165, 1.54) is 0 Å². The third-order valence-corrected chi connectivity index (χ3v) is 3.77. The van der Waals surface area contributed by atoms with Gasteiger partial charge in [-0.25, -0.2) is 9.78 Å². The normalized spacial score (nSPS) is 12.3. The number of rotatable bonds is 3. The highest BCUT2D eigenvalue weighted by Crippen LogP contribution is 2.24. The fourth-order valence-corrected chi connectivity index (χ4v) is 2.58. The average Bonchev–Trinajstić information content (AvgIpc) is 2.84. The van der Waals surface area contributed by atoms with E-state index in [1.807, 2.05) is 36.7 Å². The van der Waals surface area contributed by atoms with Gasteiger partial charge in [0.2, 0.25) is 0 Å². The number of esters is 1. The van der Waals surface area contributed by atoms with Crippen molar-refractivity contribution in [2.45, 2.75) is 13.0 Å². The molecule has 1 aromatic heterocycles. The SMILES string of the molecule is C[C@H](OC(=O)c1ccccc1)c1nc2cc(Cl)ccc2n1C. The predicted octanol–water partition coefficient (Wildman–Crippen LogP) is 4.14. The highest BCUT2D eigenvalue weighted by Gasteiger charge is 2.19. The van der Waals surface area contributed by atoms with Gasteiger partial charge >= 0.3 is 5.97 Å². The van der Waals surface area contributed by atoms with Gasteiger partial charge in [0.1, 0.15) is 0 Å². The van der Waals surface area contributed by atoms with Gasteiger partial charge in [-0.3, -0.25) is 0 Å². The zero-order valence-corrected chi connectivity index (χ0v) is 13.0. The zero-order chi connectivity index (χ0) is 15.7. The fourth-order valence-electron chi connectivity index (χ4n) is 2.41. The van der Waals surface area contributed by atoms with Crippen molar-refractivity contribution in [3.8, 4) is 0 Å². The molecule has 22 heavy (non-hydrogen) atoms. The first kappa shape index (κ1) is 14.6. The Morgan fingerprint density at radius 3 is 2.68 bits per heavy atom. The second kappa shape index (κ2) is 5.81. The molecule has 2 aromatic carbocycles. The van der Waals surface area contributed by atoms with Gasteiger partial charge in [-0.05, 0) is 37.3 Å². The minimum Gasteiger partial charge on any atom is -0.451 e. The van der Waals surface area contributed by atoms with E-state index in [1.54, 1.807) is 30.3 Å². The molecular weight excluding hydrogens is 300 g/mol. The molecule has 0 amide bonds. The number of nitrogens with zero attached hydrogens (tertiary/aromatic N) is 2. The Hall–Kier alpha value is -2.33. The molecule has 3 aromatic rings. The lowest BCUT2D eigenvalue weighted by Crippen LogP contribution is -2.12. The number of hydrogen-bond donors (Lipinski definition) is 0. The van der Waals surface area contributed by atoms with Crippen molar-refractivity contribution in [2.24, 2.45) is 7.05 Å². The van der Waals surface area contributed by atoms with Crippen molar-refractivity contribution >= 4 is 28.6 Å². The second-order valence-corrected chi connectivity index (χ2v) is 5.51. The zero-order valence-electron chi connectivity index (χ0n) is 12.3. The van der Waals surface area contributed by atoms with E-state index in [9.17, 15) is 4.79 Å². The average molecular weight is 315 g/mol. The largest absolute Gasteiger partial charge is 0.451 e. The molecule has 0 aliphatic heterocycles. The van der Waals surface area contributed by atoms with Crippen LogP contribution in [0.15, 0.2) is 48.5 Å². The van der Waals surface area contributed by atoms with E-state index < -0.39 is 6.10 Å². The Morgan fingerprint density at radius 2 is 1.95 bits per heavy atom. The van der Waals surface area contributed by atoms with Crippen LogP contribution in [-0.4, -0.2) is 15.5 Å². The van der Waals surface area contributed by atoms with E-state index in [0.29, 0.717) is 16.4 Å². The first-order chi connectivity index (χ1) is 10.6. The van der Waals surface area contributed by atoms with Gasteiger partial charge in [-0.15, -0.1) is 0 Å². The number of halogens is 1. The molecule has 0 aliphatic rings. The van der Waals surface area contributed by atoms with Gasteiger partial charge < -0.3 is 9.30 Å². The Labute approximate surface area is 133 Å². The minimum absolute atomic E-state index is 0.363. The monoisotopic (exact) mass is 314 g/mol. The third kappa shape index (κ3) is 2.70. The van der Waals surface area contributed by atoms with Crippen LogP contribution < -0.4 is 0 Å². The topological polar surface area (TPSA) is 44.1 Å². The number of hydrogen-bond acceptors (Lipinski definition) is 3. The molecule has 0 aliphatic carbocycles. The summed E-state index contributed by atoms with van der Waals surface area (Å²) in [5.74, 6) is 0.319. The Balaban J connectivity index is 1.88. The molecule has 1 heterocycles. The summed E-state index contributed by atoms with van der Waals surface area (Å²) >= 11 is 5.99. The minimum atomic E-state index is -0.455. The molecule has 3 rings (SSSR count). The van der Waals surface area contributed by atoms with Crippen LogP contribution in [0.5, 0.6) is 0 Å². The summed E-state index contributed by atoms with van der Waals surface area (Å²) in [5.41, 5.74) is 2.26. The summed E-state index contributed by atoms with van der Waals surface area (Å²) < 4.78 is 7.42. The van der Waals surface area contributed by atoms with E-state index in [0.717, 1.165) is 11.0 Å². The maximum Gasteiger partial charge on any atom is 0.338 e. The molecule has 0 fully saturated rings. The van der Waals surface area contributed by atoms with Crippen LogP contribution in [0.2, 0.25) is 5.02 Å². The van der Waals surface area contributed by atoms with Crippen LogP contribution in [0.25, 0.3) is 11.0 Å². The van der Waals surface area contributed by atoms with Crippen LogP contribution in [0.3, 0.4) is 0 Å². The van der Waals surface area contributed by atoms with Crippen molar-refractivity contribution in [2.75, 3.05) is 0 Å². The van der Waals surface area contributed by atoms with Gasteiger partial charge in [-0.2, -0.15) is 0 Å². The van der Waals surface area contributed by atoms with Crippen molar-refractivity contribution in [1.29, 1.82) is 0 Å². The predicted molar refractivity (Wildman–Crippen MR) is 86.0 cm³/mol. The quantitative estimate of drug-likeness (QED) is 0.682. The maximum atomic E-state index is 12.1. The molecule has 1 atom stereocenters. The van der Waals surface area contributed by atoms with E-state index >= 15 is 0 Å². The number of fused-ring (bicyclic) bond motifs is 1. The van der Waals surface area contributed by atoms with Crippen molar-refractivity contribution < 1.29 is 9.53 Å². The van der Waals surface area contributed by atoms with Crippen LogP contribution >= 0.6 is 11.6 Å². The lowest BCUT2D eigenvalue weighted by atomic mass is 10.2. The summed E-state index contributed by atoms with van der Waals surface area (Å²) in [6.07, 6.45) is -0.455. The Kier molecular flexibility index (Phi) is 3.86. The number of aromatic nitrogens is 2. The summed E-state index contributed by atoms with van der Waals surface area (Å²) in [6.45, 7) is 1.81. The van der Waals surface area contributed by atoms with Crippen molar-refractivity contribution in [3.05, 3.63) is 64.9 Å². The van der Waals surface area contributed by atoms with Crippen molar-refractivity contribution in [3.63, 3.8) is 0 Å². The molecule has 4 nitrogen and oxygen atoms in total. The van der Waals surface area contributed by atoms with E-state index in [4.69, 9.17) is 16.3 Å². The standard InChI is InChI=1S/C17H15ClN2O2/c1-11(22-17(21)12-6-4-3-5-7-12)16-19-14-10-13(18)8-9-15(14)20(16)2/h3-11H,1-2H3/t11-/m0/s1. The van der Waals surface area contributed by atoms with Gasteiger partial charge in [0.05, 0.1) is 16.6 Å². The number of carbonyl (C=O) groups is 1. The number of imidazole rings is 1. The van der Waals surface area contributed by atoms with E-state index in [2.05, 4.69) is 4.98 Å². The molecule has 0 spiro atoms. The lowest BCUT2D eigenvalue weighted by molar-refractivity contribution is 0.0315. The highest BCUT2D eigenvalue weighted by atomic mass is 35.5. The number of carbonyl (C=O) groups excluding carboxylic acids is 1. The molecule has 5 heteroatoms. The first-order valence-electron chi connectivity index (χ1n) is 6.94. The molecular formula is C17H15ClN2O2. The second-order valence-electron chi connectivity index (χ2n) is 5.08. The summed E-state index contributed by atoms with van der Waals surface area (Å²) in [4.78, 5) is 16.6. The smallest absolute Gasteiger partial charge is 0.338 e. The molecule has 0 radical (unpaired) electrons. The molecule has 0 bridgehead atoms.